The molecule has 2 N–H and O–H groups in total. The van der Waals surface area contributed by atoms with Gasteiger partial charge in [0.2, 0.25) is 0 Å². The lowest BCUT2D eigenvalue weighted by Gasteiger charge is -2.26. The van der Waals surface area contributed by atoms with Crippen molar-refractivity contribution in [2.45, 2.75) is 6.42 Å². The summed E-state index contributed by atoms with van der Waals surface area (Å²) in [4.78, 5) is 14.7. The van der Waals surface area contributed by atoms with E-state index in [2.05, 4.69) is 15.5 Å². The van der Waals surface area contributed by atoms with Gasteiger partial charge in [-0.15, -0.1) is 0 Å². The van der Waals surface area contributed by atoms with Gasteiger partial charge in [-0.1, -0.05) is 18.2 Å². The van der Waals surface area contributed by atoms with Gasteiger partial charge in [0.1, 0.15) is 0 Å². The largest absolute Gasteiger partial charge is 0.351 e. The molecule has 0 spiro atoms. The topological polar surface area (TPSA) is 44.4 Å². The second-order valence-corrected chi connectivity index (χ2v) is 6.45. The molecule has 0 bridgehead atoms. The third-order valence-electron chi connectivity index (χ3n) is 3.72. The Labute approximate surface area is 131 Å². The molecule has 1 saturated heterocycles. The molecule has 1 aromatic carbocycles. The summed E-state index contributed by atoms with van der Waals surface area (Å²) in [7, 11) is 1.93. The number of thioether (sulfide) groups is 1. The lowest BCUT2D eigenvalue weighted by Crippen LogP contribution is -2.39. The fourth-order valence-corrected chi connectivity index (χ4v) is 3.45. The number of carbonyl (C=O) groups excluding carboxylic acids is 1. The first-order valence-corrected chi connectivity index (χ1v) is 8.77. The molecular formula is C16H25N3OS. The number of amides is 1. The van der Waals surface area contributed by atoms with E-state index in [1.54, 1.807) is 0 Å². The first kappa shape index (κ1) is 16.3. The van der Waals surface area contributed by atoms with Gasteiger partial charge in [-0.25, -0.2) is 0 Å². The zero-order chi connectivity index (χ0) is 14.9. The molecule has 5 heteroatoms. The molecule has 0 radical (unpaired) electrons. The van der Waals surface area contributed by atoms with Gasteiger partial charge in [-0.05, 0) is 31.6 Å². The number of nitrogens with one attached hydrogen (secondary N) is 2. The molecule has 21 heavy (non-hydrogen) atoms. The van der Waals surface area contributed by atoms with Crippen molar-refractivity contribution in [1.29, 1.82) is 0 Å². The molecule has 2 rings (SSSR count). The number of nitrogens with zero attached hydrogens (tertiary/aromatic N) is 1. The summed E-state index contributed by atoms with van der Waals surface area (Å²) in [6.07, 6.45) is 0.878. The maximum atomic E-state index is 12.3. The maximum Gasteiger partial charge on any atom is 0.251 e. The van der Waals surface area contributed by atoms with Crippen molar-refractivity contribution >= 4 is 17.7 Å². The molecule has 116 valence electrons. The van der Waals surface area contributed by atoms with Crippen molar-refractivity contribution in [3.8, 4) is 0 Å². The number of benzene rings is 1. The van der Waals surface area contributed by atoms with E-state index in [1.807, 2.05) is 43.1 Å². The zero-order valence-corrected chi connectivity index (χ0v) is 13.5. The summed E-state index contributed by atoms with van der Waals surface area (Å²) in [5, 5.41) is 6.18. The normalized spacial score (nSPS) is 15.9. The van der Waals surface area contributed by atoms with Crippen LogP contribution < -0.4 is 10.6 Å². The highest BCUT2D eigenvalue weighted by Crippen LogP contribution is 2.10. The number of likely N-dealkylation sites (N-methyl/N-ethyl adjacent to an activating group) is 1. The van der Waals surface area contributed by atoms with E-state index in [1.165, 1.54) is 11.5 Å². The molecule has 1 fully saturated rings. The van der Waals surface area contributed by atoms with Crippen LogP contribution in [0.5, 0.6) is 0 Å². The van der Waals surface area contributed by atoms with Crippen LogP contribution in [0.3, 0.4) is 0 Å². The van der Waals surface area contributed by atoms with Gasteiger partial charge < -0.3 is 10.6 Å². The van der Waals surface area contributed by atoms with Crippen LogP contribution in [0, 0.1) is 0 Å². The molecule has 0 aliphatic carbocycles. The predicted molar refractivity (Wildman–Crippen MR) is 90.2 cm³/mol. The van der Waals surface area contributed by atoms with Gasteiger partial charge in [0.15, 0.2) is 0 Å². The first-order chi connectivity index (χ1) is 10.3. The Morgan fingerprint density at radius 1 is 1.24 bits per heavy atom. The van der Waals surface area contributed by atoms with E-state index >= 15 is 0 Å². The number of rotatable bonds is 7. The Hall–Kier alpha value is -1.04. The van der Waals surface area contributed by atoms with E-state index in [0.717, 1.165) is 50.3 Å². The number of hydrogen-bond donors (Lipinski definition) is 2. The average molecular weight is 307 g/mol. The Morgan fingerprint density at radius 2 is 2.00 bits per heavy atom. The minimum atomic E-state index is 0.0492. The number of hydrogen-bond acceptors (Lipinski definition) is 4. The Morgan fingerprint density at radius 3 is 2.76 bits per heavy atom. The van der Waals surface area contributed by atoms with Gasteiger partial charge in [-0.2, -0.15) is 11.8 Å². The molecule has 0 aromatic heterocycles. The van der Waals surface area contributed by atoms with Crippen LogP contribution in [0.1, 0.15) is 15.9 Å². The highest BCUT2D eigenvalue weighted by Gasteiger charge is 2.12. The standard InChI is InChI=1S/C16H25N3OS/c1-17-7-6-14-4-2-3-5-15(14)16(20)18-8-9-19-10-12-21-13-11-19/h2-5,17H,6-13H2,1H3,(H,18,20). The van der Waals surface area contributed by atoms with Crippen LogP contribution in [-0.4, -0.2) is 62.1 Å². The van der Waals surface area contributed by atoms with Crippen molar-refractivity contribution in [1.82, 2.24) is 15.5 Å². The first-order valence-electron chi connectivity index (χ1n) is 7.62. The molecule has 0 saturated carbocycles. The van der Waals surface area contributed by atoms with Gasteiger partial charge in [0.05, 0.1) is 0 Å². The van der Waals surface area contributed by atoms with Crippen LogP contribution in [0.2, 0.25) is 0 Å². The Kier molecular flexibility index (Phi) is 7.06. The average Bonchev–Trinajstić information content (AvgIpc) is 2.54. The summed E-state index contributed by atoms with van der Waals surface area (Å²) in [6.45, 7) is 4.84. The molecule has 1 aromatic rings. The summed E-state index contributed by atoms with van der Waals surface area (Å²) in [6, 6.07) is 7.87. The quantitative estimate of drug-likeness (QED) is 0.795. The van der Waals surface area contributed by atoms with Crippen molar-refractivity contribution in [2.24, 2.45) is 0 Å². The fraction of sp³-hybridized carbons (Fsp3) is 0.562. The SMILES string of the molecule is CNCCc1ccccc1C(=O)NCCN1CCSCC1. The summed E-state index contributed by atoms with van der Waals surface area (Å²) in [5.74, 6) is 2.47. The molecule has 4 nitrogen and oxygen atoms in total. The smallest absolute Gasteiger partial charge is 0.251 e. The van der Waals surface area contributed by atoms with Gasteiger partial charge in [0, 0.05) is 43.2 Å². The second kappa shape index (κ2) is 9.07. The van der Waals surface area contributed by atoms with Crippen LogP contribution in [0.15, 0.2) is 24.3 Å². The van der Waals surface area contributed by atoms with Crippen LogP contribution in [0.4, 0.5) is 0 Å². The van der Waals surface area contributed by atoms with Crippen LogP contribution in [0.25, 0.3) is 0 Å². The number of carbonyl (C=O) groups is 1. The van der Waals surface area contributed by atoms with Crippen molar-refractivity contribution in [2.75, 3.05) is 51.3 Å². The lowest BCUT2D eigenvalue weighted by molar-refractivity contribution is 0.0948. The van der Waals surface area contributed by atoms with Crippen molar-refractivity contribution in [3.05, 3.63) is 35.4 Å². The van der Waals surface area contributed by atoms with Crippen LogP contribution >= 0.6 is 11.8 Å². The molecule has 1 amide bonds. The fourth-order valence-electron chi connectivity index (χ4n) is 2.47. The zero-order valence-electron chi connectivity index (χ0n) is 12.7. The summed E-state index contributed by atoms with van der Waals surface area (Å²) in [5.41, 5.74) is 1.92. The van der Waals surface area contributed by atoms with E-state index < -0.39 is 0 Å². The highest BCUT2D eigenvalue weighted by molar-refractivity contribution is 7.99. The predicted octanol–water partition coefficient (Wildman–Crippen LogP) is 1.23. The minimum absolute atomic E-state index is 0.0492. The highest BCUT2D eigenvalue weighted by atomic mass is 32.2. The summed E-state index contributed by atoms with van der Waals surface area (Å²) < 4.78 is 0. The van der Waals surface area contributed by atoms with Crippen molar-refractivity contribution < 1.29 is 4.79 Å². The Balaban J connectivity index is 1.82. The molecule has 1 aliphatic heterocycles. The van der Waals surface area contributed by atoms with Crippen LogP contribution in [-0.2, 0) is 6.42 Å². The molecule has 1 aliphatic rings. The van der Waals surface area contributed by atoms with E-state index in [9.17, 15) is 4.79 Å². The Bertz CT molecular complexity index is 447. The van der Waals surface area contributed by atoms with Gasteiger partial charge in [-0.3, -0.25) is 9.69 Å². The minimum Gasteiger partial charge on any atom is -0.351 e. The molecule has 1 heterocycles. The van der Waals surface area contributed by atoms with E-state index in [4.69, 9.17) is 0 Å². The summed E-state index contributed by atoms with van der Waals surface area (Å²) >= 11 is 2.01. The van der Waals surface area contributed by atoms with E-state index in [-0.39, 0.29) is 5.91 Å². The van der Waals surface area contributed by atoms with E-state index in [0.29, 0.717) is 0 Å². The van der Waals surface area contributed by atoms with Crippen molar-refractivity contribution in [3.63, 3.8) is 0 Å². The molecular weight excluding hydrogens is 282 g/mol. The molecule has 0 unspecified atom stereocenters. The third kappa shape index (κ3) is 5.34. The third-order valence-corrected chi connectivity index (χ3v) is 4.67. The maximum absolute atomic E-state index is 12.3. The lowest BCUT2D eigenvalue weighted by atomic mass is 10.0. The van der Waals surface area contributed by atoms with Gasteiger partial charge in [0.25, 0.3) is 5.91 Å². The second-order valence-electron chi connectivity index (χ2n) is 5.22. The van der Waals surface area contributed by atoms with Gasteiger partial charge >= 0.3 is 0 Å². The molecule has 0 atom stereocenters. The monoisotopic (exact) mass is 307 g/mol.